The van der Waals surface area contributed by atoms with Gasteiger partial charge in [0.25, 0.3) is 0 Å². The van der Waals surface area contributed by atoms with Crippen molar-refractivity contribution in [3.8, 4) is 0 Å². The highest BCUT2D eigenvalue weighted by atomic mass is 32.1. The molecule has 0 atom stereocenters. The van der Waals surface area contributed by atoms with E-state index >= 15 is 0 Å². The van der Waals surface area contributed by atoms with E-state index in [1.807, 2.05) is 0 Å². The zero-order valence-corrected chi connectivity index (χ0v) is 9.42. The molecule has 0 aromatic carbocycles. The first kappa shape index (κ1) is 12.1. The zero-order valence-electron chi connectivity index (χ0n) is 8.61. The Morgan fingerprint density at radius 2 is 2.20 bits per heavy atom. The molecule has 0 aliphatic rings. The molecule has 6 heteroatoms. The Bertz CT molecular complexity index is 276. The summed E-state index contributed by atoms with van der Waals surface area (Å²) in [5.41, 5.74) is 6.96. The molecule has 1 rings (SSSR count). The summed E-state index contributed by atoms with van der Waals surface area (Å²) in [5, 5.41) is 10.6. The van der Waals surface area contributed by atoms with Crippen LogP contribution in [0.3, 0.4) is 0 Å². The van der Waals surface area contributed by atoms with Gasteiger partial charge in [-0.2, -0.15) is 0 Å². The molecule has 1 amide bonds. The van der Waals surface area contributed by atoms with Gasteiger partial charge in [-0.25, -0.2) is 0 Å². The smallest absolute Gasteiger partial charge is 0.226 e. The van der Waals surface area contributed by atoms with Crippen LogP contribution in [-0.2, 0) is 4.79 Å². The van der Waals surface area contributed by atoms with Crippen LogP contribution in [0.1, 0.15) is 32.1 Å². The highest BCUT2D eigenvalue weighted by Crippen LogP contribution is 2.09. The lowest BCUT2D eigenvalue weighted by atomic mass is 10.1. The molecule has 0 bridgehead atoms. The molecule has 84 valence electrons. The number of aromatic nitrogens is 2. The molecule has 15 heavy (non-hydrogen) atoms. The lowest BCUT2D eigenvalue weighted by Crippen LogP contribution is -2.10. The van der Waals surface area contributed by atoms with E-state index in [1.165, 1.54) is 11.3 Å². The second-order valence-electron chi connectivity index (χ2n) is 3.24. The summed E-state index contributed by atoms with van der Waals surface area (Å²) >= 11 is 1.33. The third kappa shape index (κ3) is 5.44. The van der Waals surface area contributed by atoms with Crippen LogP contribution < -0.4 is 11.1 Å². The Balaban J connectivity index is 2.04. The quantitative estimate of drug-likeness (QED) is 0.691. The van der Waals surface area contributed by atoms with E-state index in [-0.39, 0.29) is 5.91 Å². The van der Waals surface area contributed by atoms with Crippen LogP contribution in [-0.4, -0.2) is 22.6 Å². The number of nitrogens with zero attached hydrogens (tertiary/aromatic N) is 2. The molecule has 1 aromatic heterocycles. The maximum absolute atomic E-state index is 11.3. The largest absolute Gasteiger partial charge is 0.330 e. The second-order valence-corrected chi connectivity index (χ2v) is 4.08. The molecule has 0 aliphatic heterocycles. The van der Waals surface area contributed by atoms with E-state index < -0.39 is 0 Å². The first-order valence-electron chi connectivity index (χ1n) is 5.09. The molecular formula is C9H16N4OS. The van der Waals surface area contributed by atoms with Gasteiger partial charge < -0.3 is 11.1 Å². The van der Waals surface area contributed by atoms with E-state index in [1.54, 1.807) is 5.51 Å². The van der Waals surface area contributed by atoms with Crippen molar-refractivity contribution in [3.63, 3.8) is 0 Å². The van der Waals surface area contributed by atoms with Crippen LogP contribution in [0.15, 0.2) is 5.51 Å². The van der Waals surface area contributed by atoms with Gasteiger partial charge in [0.05, 0.1) is 0 Å². The standard InChI is InChI=1S/C9H16N4OS/c10-6-4-2-1-3-5-8(14)12-9-13-11-7-15-9/h7H,1-6,10H2,(H,12,13,14). The summed E-state index contributed by atoms with van der Waals surface area (Å²) in [6.45, 7) is 0.733. The fourth-order valence-corrected chi connectivity index (χ4v) is 1.65. The lowest BCUT2D eigenvalue weighted by molar-refractivity contribution is -0.116. The Hall–Kier alpha value is -1.01. The van der Waals surface area contributed by atoms with Crippen molar-refractivity contribution in [2.45, 2.75) is 32.1 Å². The van der Waals surface area contributed by atoms with Crippen molar-refractivity contribution in [1.82, 2.24) is 10.2 Å². The molecular weight excluding hydrogens is 212 g/mol. The summed E-state index contributed by atoms with van der Waals surface area (Å²) in [7, 11) is 0. The Morgan fingerprint density at radius 3 is 2.87 bits per heavy atom. The van der Waals surface area contributed by atoms with Gasteiger partial charge in [-0.05, 0) is 19.4 Å². The van der Waals surface area contributed by atoms with E-state index in [4.69, 9.17) is 5.73 Å². The summed E-state index contributed by atoms with van der Waals surface area (Å²) in [5.74, 6) is 0.0134. The van der Waals surface area contributed by atoms with Crippen molar-refractivity contribution in [1.29, 1.82) is 0 Å². The third-order valence-corrected chi connectivity index (χ3v) is 2.57. The Kier molecular flexibility index (Phi) is 5.87. The molecule has 0 saturated carbocycles. The maximum atomic E-state index is 11.3. The highest BCUT2D eigenvalue weighted by molar-refractivity contribution is 7.13. The first-order chi connectivity index (χ1) is 7.33. The van der Waals surface area contributed by atoms with Gasteiger partial charge in [0.2, 0.25) is 11.0 Å². The van der Waals surface area contributed by atoms with E-state index in [2.05, 4.69) is 15.5 Å². The molecule has 0 saturated heterocycles. The lowest BCUT2D eigenvalue weighted by Gasteiger charge is -2.00. The maximum Gasteiger partial charge on any atom is 0.226 e. The number of hydrogen-bond acceptors (Lipinski definition) is 5. The number of nitrogens with one attached hydrogen (secondary N) is 1. The first-order valence-corrected chi connectivity index (χ1v) is 5.97. The van der Waals surface area contributed by atoms with Crippen molar-refractivity contribution in [2.75, 3.05) is 11.9 Å². The van der Waals surface area contributed by atoms with Crippen molar-refractivity contribution in [2.24, 2.45) is 5.73 Å². The molecule has 0 unspecified atom stereocenters. The van der Waals surface area contributed by atoms with Crippen LogP contribution >= 0.6 is 11.3 Å². The zero-order chi connectivity index (χ0) is 10.9. The van der Waals surface area contributed by atoms with Crippen molar-refractivity contribution >= 4 is 22.4 Å². The Morgan fingerprint density at radius 1 is 1.40 bits per heavy atom. The number of amides is 1. The Labute approximate surface area is 93.1 Å². The van der Waals surface area contributed by atoms with E-state index in [9.17, 15) is 4.79 Å². The van der Waals surface area contributed by atoms with Gasteiger partial charge in [-0.3, -0.25) is 4.79 Å². The van der Waals surface area contributed by atoms with Gasteiger partial charge in [0.15, 0.2) is 0 Å². The molecule has 3 N–H and O–H groups in total. The minimum atomic E-state index is 0.0134. The minimum absolute atomic E-state index is 0.0134. The van der Waals surface area contributed by atoms with Crippen LogP contribution in [0.25, 0.3) is 0 Å². The number of nitrogens with two attached hydrogens (primary N) is 1. The van der Waals surface area contributed by atoms with Gasteiger partial charge in [-0.1, -0.05) is 24.2 Å². The average Bonchev–Trinajstić information content (AvgIpc) is 2.70. The molecule has 1 aromatic rings. The fourth-order valence-electron chi connectivity index (χ4n) is 1.19. The van der Waals surface area contributed by atoms with Gasteiger partial charge in [-0.15, -0.1) is 10.2 Å². The third-order valence-electron chi connectivity index (χ3n) is 1.96. The van der Waals surface area contributed by atoms with Crippen LogP contribution in [0.4, 0.5) is 5.13 Å². The normalized spacial score (nSPS) is 10.2. The van der Waals surface area contributed by atoms with Gasteiger partial charge in [0.1, 0.15) is 5.51 Å². The monoisotopic (exact) mass is 228 g/mol. The van der Waals surface area contributed by atoms with Crippen LogP contribution in [0.2, 0.25) is 0 Å². The topological polar surface area (TPSA) is 80.9 Å². The predicted octanol–water partition coefficient (Wildman–Crippen LogP) is 1.39. The van der Waals surface area contributed by atoms with Gasteiger partial charge in [0, 0.05) is 6.42 Å². The van der Waals surface area contributed by atoms with Crippen molar-refractivity contribution in [3.05, 3.63) is 5.51 Å². The molecule has 0 aliphatic carbocycles. The number of carbonyl (C=O) groups excluding carboxylic acids is 1. The predicted molar refractivity (Wildman–Crippen MR) is 60.7 cm³/mol. The average molecular weight is 228 g/mol. The van der Waals surface area contributed by atoms with E-state index in [0.717, 1.165) is 32.2 Å². The second kappa shape index (κ2) is 7.30. The number of rotatable bonds is 7. The molecule has 0 fully saturated rings. The SMILES string of the molecule is NCCCCCCC(=O)Nc1nncs1. The molecule has 0 spiro atoms. The van der Waals surface area contributed by atoms with Crippen molar-refractivity contribution < 1.29 is 4.79 Å². The summed E-state index contributed by atoms with van der Waals surface area (Å²) in [6, 6.07) is 0. The van der Waals surface area contributed by atoms with E-state index in [0.29, 0.717) is 11.6 Å². The number of carbonyl (C=O) groups is 1. The summed E-state index contributed by atoms with van der Waals surface area (Å²) in [6.07, 6.45) is 4.65. The summed E-state index contributed by atoms with van der Waals surface area (Å²) in [4.78, 5) is 11.3. The number of anilines is 1. The molecule has 5 nitrogen and oxygen atoms in total. The van der Waals surface area contributed by atoms with Crippen LogP contribution in [0, 0.1) is 0 Å². The van der Waals surface area contributed by atoms with Gasteiger partial charge >= 0.3 is 0 Å². The number of hydrogen-bond donors (Lipinski definition) is 2. The van der Waals surface area contributed by atoms with Crippen LogP contribution in [0.5, 0.6) is 0 Å². The minimum Gasteiger partial charge on any atom is -0.330 e. The fraction of sp³-hybridized carbons (Fsp3) is 0.667. The number of unbranched alkanes of at least 4 members (excludes halogenated alkanes) is 3. The molecule has 0 radical (unpaired) electrons. The highest BCUT2D eigenvalue weighted by Gasteiger charge is 2.03. The summed E-state index contributed by atoms with van der Waals surface area (Å²) < 4.78 is 0. The molecule has 1 heterocycles.